The van der Waals surface area contributed by atoms with Crippen LogP contribution in [0.4, 0.5) is 0 Å². The van der Waals surface area contributed by atoms with Crippen molar-refractivity contribution in [2.24, 2.45) is 0 Å². The third-order valence-electron chi connectivity index (χ3n) is 3.73. The average Bonchev–Trinajstić information content (AvgIpc) is 3.04. The first kappa shape index (κ1) is 16.3. The minimum absolute atomic E-state index is 0.00800. The molecular weight excluding hydrogens is 334 g/mol. The highest BCUT2D eigenvalue weighted by molar-refractivity contribution is 7.90. The van der Waals surface area contributed by atoms with Crippen LogP contribution in [0.2, 0.25) is 0 Å². The number of imide groups is 1. The first-order valence-electron chi connectivity index (χ1n) is 7.23. The molecule has 3 rings (SSSR count). The summed E-state index contributed by atoms with van der Waals surface area (Å²) in [5, 5.41) is 3.67. The Morgan fingerprint density at radius 2 is 1.75 bits per heavy atom. The lowest BCUT2D eigenvalue weighted by molar-refractivity contribution is 0.0547. The molecule has 0 saturated carbocycles. The van der Waals surface area contributed by atoms with Crippen molar-refractivity contribution in [1.82, 2.24) is 15.0 Å². The van der Waals surface area contributed by atoms with Crippen LogP contribution in [-0.2, 0) is 9.84 Å². The molecule has 2 heterocycles. The Balaban J connectivity index is 2.00. The minimum atomic E-state index is -3.29. The smallest absolute Gasteiger partial charge is 0.262 e. The van der Waals surface area contributed by atoms with Gasteiger partial charge in [-0.15, -0.1) is 0 Å². The van der Waals surface area contributed by atoms with Crippen LogP contribution < -0.4 is 0 Å². The van der Waals surface area contributed by atoms with Crippen molar-refractivity contribution in [2.75, 3.05) is 12.0 Å². The molecule has 1 aliphatic rings. The highest BCUT2D eigenvalue weighted by atomic mass is 32.2. The molecule has 0 spiro atoms. The first-order valence-corrected chi connectivity index (χ1v) is 9.29. The summed E-state index contributed by atoms with van der Waals surface area (Å²) in [7, 11) is -3.29. The number of sulfone groups is 1. The second kappa shape index (κ2) is 5.82. The fourth-order valence-corrected chi connectivity index (χ4v) is 3.28. The molecule has 126 valence electrons. The zero-order valence-corrected chi connectivity index (χ0v) is 13.9. The number of amides is 2. The van der Waals surface area contributed by atoms with E-state index in [1.54, 1.807) is 31.2 Å². The average molecular weight is 349 g/mol. The van der Waals surface area contributed by atoms with E-state index in [0.29, 0.717) is 5.82 Å². The van der Waals surface area contributed by atoms with Gasteiger partial charge in [0, 0.05) is 6.26 Å². The Kier molecular flexibility index (Phi) is 3.96. The van der Waals surface area contributed by atoms with Crippen molar-refractivity contribution in [2.45, 2.75) is 19.4 Å². The van der Waals surface area contributed by atoms with E-state index < -0.39 is 27.7 Å². The molecule has 1 atom stereocenters. The van der Waals surface area contributed by atoms with E-state index in [1.165, 1.54) is 0 Å². The van der Waals surface area contributed by atoms with E-state index >= 15 is 0 Å². The summed E-state index contributed by atoms with van der Waals surface area (Å²) in [5.74, 6) is -0.821. The number of hydrogen-bond donors (Lipinski definition) is 0. The van der Waals surface area contributed by atoms with Gasteiger partial charge in [0.1, 0.15) is 15.9 Å². The topological polar surface area (TPSA) is 110 Å². The van der Waals surface area contributed by atoms with Crippen molar-refractivity contribution in [1.29, 1.82) is 0 Å². The van der Waals surface area contributed by atoms with Crippen LogP contribution in [-0.4, -0.2) is 47.3 Å². The maximum absolute atomic E-state index is 12.6. The SMILES string of the molecule is Cc1noc([C@@H](CCS(C)(=O)=O)N2C(=O)c3ccccc3C2=O)n1. The van der Waals surface area contributed by atoms with E-state index in [1.807, 2.05) is 0 Å². The number of benzene rings is 1. The van der Waals surface area contributed by atoms with Crippen molar-refractivity contribution in [3.05, 3.63) is 47.1 Å². The molecule has 2 amide bonds. The van der Waals surface area contributed by atoms with Gasteiger partial charge >= 0.3 is 0 Å². The Morgan fingerprint density at radius 1 is 1.17 bits per heavy atom. The Bertz CT molecular complexity index is 884. The lowest BCUT2D eigenvalue weighted by atomic mass is 10.1. The summed E-state index contributed by atoms with van der Waals surface area (Å²) in [6, 6.07) is 5.52. The largest absolute Gasteiger partial charge is 0.337 e. The predicted molar refractivity (Wildman–Crippen MR) is 83.0 cm³/mol. The van der Waals surface area contributed by atoms with Crippen molar-refractivity contribution in [3.8, 4) is 0 Å². The maximum Gasteiger partial charge on any atom is 0.262 e. The number of aromatic nitrogens is 2. The van der Waals surface area contributed by atoms with Gasteiger partial charge < -0.3 is 4.52 Å². The van der Waals surface area contributed by atoms with E-state index in [4.69, 9.17) is 4.52 Å². The van der Waals surface area contributed by atoms with Crippen LogP contribution in [0.3, 0.4) is 0 Å². The quantitative estimate of drug-likeness (QED) is 0.745. The van der Waals surface area contributed by atoms with Crippen LogP contribution in [0, 0.1) is 6.92 Å². The minimum Gasteiger partial charge on any atom is -0.337 e. The Hall–Kier alpha value is -2.55. The van der Waals surface area contributed by atoms with Crippen LogP contribution in [0.25, 0.3) is 0 Å². The molecule has 1 aromatic heterocycles. The highest BCUT2D eigenvalue weighted by Gasteiger charge is 2.42. The monoisotopic (exact) mass is 349 g/mol. The van der Waals surface area contributed by atoms with Crippen LogP contribution in [0.1, 0.15) is 44.9 Å². The molecule has 9 heteroatoms. The van der Waals surface area contributed by atoms with Crippen LogP contribution in [0.15, 0.2) is 28.8 Å². The fourth-order valence-electron chi connectivity index (χ4n) is 2.63. The molecule has 0 saturated heterocycles. The molecular formula is C15H15N3O5S. The van der Waals surface area contributed by atoms with E-state index in [2.05, 4.69) is 10.1 Å². The third kappa shape index (κ3) is 2.94. The standard InChI is InChI=1S/C15H15N3O5S/c1-9-16-13(23-17-9)12(7-8-24(2,21)22)18-14(19)10-5-3-4-6-11(10)15(18)20/h3-6,12H,7-8H2,1-2H3/t12-/m1/s1. The van der Waals surface area contributed by atoms with Gasteiger partial charge in [-0.25, -0.2) is 8.42 Å². The molecule has 1 aromatic carbocycles. The summed E-state index contributed by atoms with van der Waals surface area (Å²) >= 11 is 0. The molecule has 0 unspecified atom stereocenters. The van der Waals surface area contributed by atoms with Gasteiger partial charge in [0.15, 0.2) is 5.82 Å². The van der Waals surface area contributed by atoms with Crippen molar-refractivity contribution >= 4 is 21.7 Å². The van der Waals surface area contributed by atoms with Gasteiger partial charge in [-0.05, 0) is 25.5 Å². The first-order chi connectivity index (χ1) is 11.3. The van der Waals surface area contributed by atoms with E-state index in [0.717, 1.165) is 11.2 Å². The number of rotatable bonds is 5. The van der Waals surface area contributed by atoms with Gasteiger partial charge in [-0.2, -0.15) is 4.98 Å². The fraction of sp³-hybridized carbons (Fsp3) is 0.333. The van der Waals surface area contributed by atoms with Gasteiger partial charge in [-0.3, -0.25) is 14.5 Å². The highest BCUT2D eigenvalue weighted by Crippen LogP contribution is 2.33. The molecule has 2 aromatic rings. The summed E-state index contributed by atoms with van der Waals surface area (Å²) < 4.78 is 28.1. The lowest BCUT2D eigenvalue weighted by Crippen LogP contribution is -2.35. The summed E-state index contributed by atoms with van der Waals surface area (Å²) in [6.07, 6.45) is 1.08. The van der Waals surface area contributed by atoms with Gasteiger partial charge in [-0.1, -0.05) is 17.3 Å². The molecule has 8 nitrogen and oxygen atoms in total. The van der Waals surface area contributed by atoms with E-state index in [-0.39, 0.29) is 29.2 Å². The third-order valence-corrected chi connectivity index (χ3v) is 4.70. The number of carbonyl (C=O) groups excluding carboxylic acids is 2. The van der Waals surface area contributed by atoms with Gasteiger partial charge in [0.2, 0.25) is 5.89 Å². The van der Waals surface area contributed by atoms with Crippen LogP contribution >= 0.6 is 0 Å². The second-order valence-corrected chi connectivity index (χ2v) is 7.90. The molecule has 0 radical (unpaired) electrons. The van der Waals surface area contributed by atoms with Crippen LogP contribution in [0.5, 0.6) is 0 Å². The molecule has 0 aliphatic carbocycles. The maximum atomic E-state index is 12.6. The summed E-state index contributed by atoms with van der Waals surface area (Å²) in [5.41, 5.74) is 0.561. The molecule has 24 heavy (non-hydrogen) atoms. The molecule has 0 fully saturated rings. The Morgan fingerprint density at radius 3 is 2.21 bits per heavy atom. The number of nitrogens with zero attached hydrogens (tertiary/aromatic N) is 3. The molecule has 0 bridgehead atoms. The molecule has 0 N–H and O–H groups in total. The number of aryl methyl sites for hydroxylation is 1. The van der Waals surface area contributed by atoms with Gasteiger partial charge in [0.25, 0.3) is 11.8 Å². The zero-order chi connectivity index (χ0) is 17.5. The lowest BCUT2D eigenvalue weighted by Gasteiger charge is -2.22. The normalized spacial score (nSPS) is 15.7. The summed E-state index contributed by atoms with van der Waals surface area (Å²) in [6.45, 7) is 1.60. The predicted octanol–water partition coefficient (Wildman–Crippen LogP) is 1.15. The zero-order valence-electron chi connectivity index (χ0n) is 13.1. The Labute approximate surface area is 138 Å². The summed E-state index contributed by atoms with van der Waals surface area (Å²) in [4.78, 5) is 30.3. The van der Waals surface area contributed by atoms with Crippen molar-refractivity contribution < 1.29 is 22.5 Å². The number of carbonyl (C=O) groups is 2. The second-order valence-electron chi connectivity index (χ2n) is 5.64. The molecule has 1 aliphatic heterocycles. The van der Waals surface area contributed by atoms with Crippen molar-refractivity contribution in [3.63, 3.8) is 0 Å². The van der Waals surface area contributed by atoms with Gasteiger partial charge in [0.05, 0.1) is 16.9 Å². The number of fused-ring (bicyclic) bond motifs is 1. The van der Waals surface area contributed by atoms with E-state index in [9.17, 15) is 18.0 Å². The number of hydrogen-bond acceptors (Lipinski definition) is 7.